The second kappa shape index (κ2) is 7.17. The topological polar surface area (TPSA) is 93.0 Å². The molecule has 1 aromatic carbocycles. The molecule has 0 bridgehead atoms. The fourth-order valence-corrected chi connectivity index (χ4v) is 3.45. The first-order chi connectivity index (χ1) is 13.0. The molecular formula is C19H18ClFN4O2. The summed E-state index contributed by atoms with van der Waals surface area (Å²) in [6.45, 7) is 1.46. The number of nitrogen functional groups attached to an aromatic ring is 1. The maximum atomic E-state index is 13.5. The number of rotatable bonds is 3. The number of pyridine rings is 2. The van der Waals surface area contributed by atoms with Crippen molar-refractivity contribution in [1.29, 1.82) is 0 Å². The Hall–Kier alpha value is -2.64. The van der Waals surface area contributed by atoms with Crippen molar-refractivity contribution in [2.75, 3.05) is 24.3 Å². The fourth-order valence-electron chi connectivity index (χ4n) is 3.20. The van der Waals surface area contributed by atoms with Crippen molar-refractivity contribution in [2.45, 2.75) is 18.9 Å². The third kappa shape index (κ3) is 3.61. The van der Waals surface area contributed by atoms with E-state index in [4.69, 9.17) is 22.1 Å². The van der Waals surface area contributed by atoms with E-state index in [1.807, 2.05) is 0 Å². The lowest BCUT2D eigenvalue weighted by Crippen LogP contribution is -2.28. The van der Waals surface area contributed by atoms with E-state index >= 15 is 0 Å². The second-order valence-electron chi connectivity index (χ2n) is 6.55. The van der Waals surface area contributed by atoms with E-state index in [0.717, 1.165) is 37.5 Å². The summed E-state index contributed by atoms with van der Waals surface area (Å²) in [6, 6.07) is 6.25. The predicted molar refractivity (Wildman–Crippen MR) is 105 cm³/mol. The summed E-state index contributed by atoms with van der Waals surface area (Å²) in [5.74, 6) is 0.0772. The molecule has 8 heteroatoms. The molecule has 3 aromatic rings. The van der Waals surface area contributed by atoms with Crippen LogP contribution in [0.3, 0.4) is 0 Å². The van der Waals surface area contributed by atoms with Gasteiger partial charge in [0, 0.05) is 48.0 Å². The van der Waals surface area contributed by atoms with Gasteiger partial charge >= 0.3 is 0 Å². The SMILES string of the molecule is Nc1cc(-c2cc3cnc(NC4CCOCC4)cc3[nH]c2=O)c(Cl)cc1F. The van der Waals surface area contributed by atoms with Gasteiger partial charge in [0.25, 0.3) is 5.56 Å². The number of nitrogens with zero attached hydrogens (tertiary/aromatic N) is 1. The number of aromatic nitrogens is 2. The molecule has 0 amide bonds. The van der Waals surface area contributed by atoms with Gasteiger partial charge in [0.15, 0.2) is 0 Å². The number of nitrogens with two attached hydrogens (primary N) is 1. The van der Waals surface area contributed by atoms with Gasteiger partial charge in [-0.15, -0.1) is 0 Å². The minimum atomic E-state index is -0.619. The van der Waals surface area contributed by atoms with Gasteiger partial charge in [-0.1, -0.05) is 11.6 Å². The molecule has 27 heavy (non-hydrogen) atoms. The van der Waals surface area contributed by atoms with Gasteiger partial charge in [-0.3, -0.25) is 4.79 Å². The molecule has 0 unspecified atom stereocenters. The Morgan fingerprint density at radius 2 is 2.00 bits per heavy atom. The minimum Gasteiger partial charge on any atom is -0.396 e. The number of ether oxygens (including phenoxy) is 1. The lowest BCUT2D eigenvalue weighted by atomic mass is 10.0. The predicted octanol–water partition coefficient (Wildman–Crippen LogP) is 3.56. The molecule has 0 atom stereocenters. The average molecular weight is 389 g/mol. The van der Waals surface area contributed by atoms with Crippen LogP contribution in [0.1, 0.15) is 12.8 Å². The molecule has 1 aliphatic heterocycles. The van der Waals surface area contributed by atoms with Crippen LogP contribution in [0, 0.1) is 5.82 Å². The number of anilines is 2. The van der Waals surface area contributed by atoms with Crippen LogP contribution in [-0.4, -0.2) is 29.2 Å². The molecule has 0 radical (unpaired) electrons. The molecule has 140 valence electrons. The van der Waals surface area contributed by atoms with Gasteiger partial charge in [0.2, 0.25) is 0 Å². The van der Waals surface area contributed by atoms with E-state index in [2.05, 4.69) is 15.3 Å². The van der Waals surface area contributed by atoms with Gasteiger partial charge in [0.05, 0.1) is 16.2 Å². The van der Waals surface area contributed by atoms with E-state index in [0.29, 0.717) is 28.5 Å². The van der Waals surface area contributed by atoms with Crippen molar-refractivity contribution in [2.24, 2.45) is 0 Å². The first kappa shape index (κ1) is 17.8. The highest BCUT2D eigenvalue weighted by atomic mass is 35.5. The van der Waals surface area contributed by atoms with E-state index in [9.17, 15) is 9.18 Å². The monoisotopic (exact) mass is 388 g/mol. The standard InChI is InChI=1S/C19H18ClFN4O2/c20-14-7-15(21)16(22)6-12(14)13-5-10-9-23-18(8-17(10)25-19(13)26)24-11-1-3-27-4-2-11/h5-9,11H,1-4,22H2,(H,23,24)(H,25,26). The number of hydrogen-bond acceptors (Lipinski definition) is 5. The van der Waals surface area contributed by atoms with Crippen LogP contribution in [0.25, 0.3) is 22.0 Å². The Bertz CT molecular complexity index is 1060. The number of hydrogen-bond donors (Lipinski definition) is 3. The number of fused-ring (bicyclic) bond motifs is 1. The smallest absolute Gasteiger partial charge is 0.256 e. The molecule has 2 aromatic heterocycles. The molecule has 4 rings (SSSR count). The summed E-state index contributed by atoms with van der Waals surface area (Å²) in [5.41, 5.74) is 6.56. The highest BCUT2D eigenvalue weighted by Gasteiger charge is 2.15. The van der Waals surface area contributed by atoms with Crippen molar-refractivity contribution in [3.63, 3.8) is 0 Å². The average Bonchev–Trinajstić information content (AvgIpc) is 2.65. The number of H-pyrrole nitrogens is 1. The lowest BCUT2D eigenvalue weighted by Gasteiger charge is -2.23. The van der Waals surface area contributed by atoms with Gasteiger partial charge in [-0.25, -0.2) is 9.37 Å². The van der Waals surface area contributed by atoms with Crippen molar-refractivity contribution in [3.05, 3.63) is 51.7 Å². The number of benzene rings is 1. The van der Waals surface area contributed by atoms with Crippen LogP contribution in [0.4, 0.5) is 15.9 Å². The quantitative estimate of drug-likeness (QED) is 0.596. The number of aromatic amines is 1. The second-order valence-corrected chi connectivity index (χ2v) is 6.96. The molecule has 1 aliphatic rings. The van der Waals surface area contributed by atoms with Crippen molar-refractivity contribution < 1.29 is 9.13 Å². The van der Waals surface area contributed by atoms with Crippen molar-refractivity contribution in [1.82, 2.24) is 9.97 Å². The molecule has 1 fully saturated rings. The van der Waals surface area contributed by atoms with Gasteiger partial charge in [-0.2, -0.15) is 0 Å². The van der Waals surface area contributed by atoms with Crippen LogP contribution in [0.2, 0.25) is 5.02 Å². The van der Waals surface area contributed by atoms with Crippen LogP contribution in [0.5, 0.6) is 0 Å². The largest absolute Gasteiger partial charge is 0.396 e. The highest BCUT2D eigenvalue weighted by molar-refractivity contribution is 6.33. The minimum absolute atomic E-state index is 0.0666. The summed E-state index contributed by atoms with van der Waals surface area (Å²) < 4.78 is 18.9. The maximum absolute atomic E-state index is 13.5. The van der Waals surface area contributed by atoms with E-state index in [-0.39, 0.29) is 16.3 Å². The molecular weight excluding hydrogens is 371 g/mol. The van der Waals surface area contributed by atoms with Crippen LogP contribution >= 0.6 is 11.6 Å². The number of nitrogens with one attached hydrogen (secondary N) is 2. The van der Waals surface area contributed by atoms with E-state index in [1.165, 1.54) is 6.07 Å². The first-order valence-corrected chi connectivity index (χ1v) is 9.01. The van der Waals surface area contributed by atoms with Crippen LogP contribution in [-0.2, 0) is 4.74 Å². The molecule has 4 N–H and O–H groups in total. The molecule has 0 saturated carbocycles. The van der Waals surface area contributed by atoms with Gasteiger partial charge in [0.1, 0.15) is 11.6 Å². The Balaban J connectivity index is 1.71. The zero-order valence-electron chi connectivity index (χ0n) is 14.4. The van der Waals surface area contributed by atoms with Gasteiger partial charge < -0.3 is 20.8 Å². The third-order valence-electron chi connectivity index (χ3n) is 4.68. The summed E-state index contributed by atoms with van der Waals surface area (Å²) >= 11 is 6.11. The zero-order valence-corrected chi connectivity index (χ0v) is 15.1. The molecule has 3 heterocycles. The summed E-state index contributed by atoms with van der Waals surface area (Å²) in [4.78, 5) is 19.8. The Kier molecular flexibility index (Phi) is 4.72. The molecule has 0 aliphatic carbocycles. The first-order valence-electron chi connectivity index (χ1n) is 8.63. The summed E-state index contributed by atoms with van der Waals surface area (Å²) in [6.07, 6.45) is 3.51. The van der Waals surface area contributed by atoms with E-state index in [1.54, 1.807) is 18.3 Å². The summed E-state index contributed by atoms with van der Waals surface area (Å²) in [5, 5.41) is 4.23. The molecule has 6 nitrogen and oxygen atoms in total. The van der Waals surface area contributed by atoms with Crippen LogP contribution in [0.15, 0.2) is 35.3 Å². The van der Waals surface area contributed by atoms with Crippen LogP contribution < -0.4 is 16.6 Å². The summed E-state index contributed by atoms with van der Waals surface area (Å²) in [7, 11) is 0. The zero-order chi connectivity index (χ0) is 19.0. The normalized spacial score (nSPS) is 15.2. The third-order valence-corrected chi connectivity index (χ3v) is 4.99. The molecule has 1 saturated heterocycles. The Morgan fingerprint density at radius 1 is 1.22 bits per heavy atom. The highest BCUT2D eigenvalue weighted by Crippen LogP contribution is 2.31. The maximum Gasteiger partial charge on any atom is 0.256 e. The van der Waals surface area contributed by atoms with E-state index < -0.39 is 5.82 Å². The lowest BCUT2D eigenvalue weighted by molar-refractivity contribution is 0.0904. The Labute approximate surface area is 159 Å². The molecule has 0 spiro atoms. The fraction of sp³-hybridized carbons (Fsp3) is 0.263. The Morgan fingerprint density at radius 3 is 2.78 bits per heavy atom. The van der Waals surface area contributed by atoms with Crippen molar-refractivity contribution >= 4 is 34.0 Å². The number of halogens is 2. The van der Waals surface area contributed by atoms with Gasteiger partial charge in [-0.05, 0) is 31.0 Å². The van der Waals surface area contributed by atoms with Crippen molar-refractivity contribution in [3.8, 4) is 11.1 Å².